The fourth-order valence-electron chi connectivity index (χ4n) is 3.68. The molecule has 0 spiro atoms. The highest BCUT2D eigenvalue weighted by molar-refractivity contribution is 14.1. The van der Waals surface area contributed by atoms with Gasteiger partial charge in [0.25, 0.3) is 5.01 Å². The summed E-state index contributed by atoms with van der Waals surface area (Å²) in [6, 6.07) is 12.1. The van der Waals surface area contributed by atoms with Crippen LogP contribution < -0.4 is 14.7 Å². The summed E-state index contributed by atoms with van der Waals surface area (Å²) < 4.78 is 37.2. The lowest BCUT2D eigenvalue weighted by Gasteiger charge is -2.23. The van der Waals surface area contributed by atoms with Gasteiger partial charge in [-0.3, -0.25) is 5.04 Å². The Balaban J connectivity index is 1.67. The van der Waals surface area contributed by atoms with E-state index in [2.05, 4.69) is 65.7 Å². The molecule has 0 amide bonds. The SMILES string of the molecule is [O-]OOSCCC[n+]1c(/C=C2\Sc3ccc(Cl)cc3N2CCCS(O)(O)O)sc2ccc(I)cc21. The van der Waals surface area contributed by atoms with E-state index in [1.807, 2.05) is 18.2 Å². The second-order valence-electron chi connectivity index (χ2n) is 7.55. The fourth-order valence-corrected chi connectivity index (χ4v) is 7.48. The van der Waals surface area contributed by atoms with E-state index in [4.69, 9.17) is 11.6 Å². The molecule has 8 nitrogen and oxygen atoms in total. The average Bonchev–Trinajstić information content (AvgIpc) is 3.30. The smallest absolute Gasteiger partial charge is 0.265 e. The molecule has 4 rings (SSSR count). The average molecular weight is 689 g/mol. The van der Waals surface area contributed by atoms with E-state index in [0.29, 0.717) is 23.7 Å². The summed E-state index contributed by atoms with van der Waals surface area (Å²) in [6.07, 6.45) is 3.30. The van der Waals surface area contributed by atoms with Crippen molar-refractivity contribution in [3.8, 4) is 0 Å². The minimum atomic E-state index is -3.55. The van der Waals surface area contributed by atoms with Crippen LogP contribution in [0.1, 0.15) is 17.8 Å². The van der Waals surface area contributed by atoms with Crippen LogP contribution in [0.2, 0.25) is 5.02 Å². The van der Waals surface area contributed by atoms with Crippen molar-refractivity contribution in [3.05, 3.63) is 55.0 Å². The molecule has 1 aliphatic heterocycles. The van der Waals surface area contributed by atoms with Gasteiger partial charge in [0, 0.05) is 56.1 Å². The highest BCUT2D eigenvalue weighted by Gasteiger charge is 2.28. The maximum atomic E-state index is 10.0. The topological polar surface area (TPSA) is 109 Å². The predicted octanol–water partition coefficient (Wildman–Crippen LogP) is 6.23. The highest BCUT2D eigenvalue weighted by Crippen LogP contribution is 2.48. The van der Waals surface area contributed by atoms with Gasteiger partial charge in [-0.05, 0) is 59.3 Å². The van der Waals surface area contributed by atoms with E-state index in [0.717, 1.165) is 59.4 Å². The van der Waals surface area contributed by atoms with Crippen LogP contribution in [0.15, 0.2) is 46.3 Å². The first-order chi connectivity index (χ1) is 16.7. The molecule has 0 bridgehead atoms. The third kappa shape index (κ3) is 7.39. The first-order valence-corrected chi connectivity index (χ1v) is 16.1. The minimum absolute atomic E-state index is 0.0918. The van der Waals surface area contributed by atoms with E-state index < -0.39 is 10.9 Å². The van der Waals surface area contributed by atoms with Crippen LogP contribution in [0.4, 0.5) is 5.69 Å². The summed E-state index contributed by atoms with van der Waals surface area (Å²) in [5.74, 6) is 0.510. The van der Waals surface area contributed by atoms with Gasteiger partial charge in [-0.25, -0.2) is 0 Å². The Labute approximate surface area is 235 Å². The number of rotatable bonds is 11. The number of aryl methyl sites for hydroxylation is 1. The van der Waals surface area contributed by atoms with Gasteiger partial charge in [0.05, 0.1) is 27.7 Å². The monoisotopic (exact) mass is 688 g/mol. The lowest BCUT2D eigenvalue weighted by Crippen LogP contribution is -2.35. The van der Waals surface area contributed by atoms with Gasteiger partial charge in [-0.1, -0.05) is 34.7 Å². The third-order valence-electron chi connectivity index (χ3n) is 5.12. The molecule has 3 N–H and O–H groups in total. The maximum Gasteiger partial charge on any atom is 0.265 e. The number of hydrogen-bond donors (Lipinski definition) is 3. The number of anilines is 1. The molecule has 0 saturated carbocycles. The van der Waals surface area contributed by atoms with E-state index >= 15 is 0 Å². The Morgan fingerprint density at radius 1 is 1.20 bits per heavy atom. The number of thiazole rings is 1. The zero-order chi connectivity index (χ0) is 25.0. The van der Waals surface area contributed by atoms with Gasteiger partial charge >= 0.3 is 0 Å². The minimum Gasteiger partial charge on any atom is -0.691 e. The molecule has 0 aliphatic carbocycles. The van der Waals surface area contributed by atoms with Gasteiger partial charge in [-0.15, -0.1) is 0 Å². The van der Waals surface area contributed by atoms with Crippen molar-refractivity contribution in [3.63, 3.8) is 0 Å². The van der Waals surface area contributed by atoms with E-state index in [1.165, 1.54) is 0 Å². The quantitative estimate of drug-likeness (QED) is 0.0539. The lowest BCUT2D eigenvalue weighted by molar-refractivity contribution is -0.777. The lowest BCUT2D eigenvalue weighted by atomic mass is 10.2. The zero-order valence-corrected chi connectivity index (χ0v) is 24.3. The Hall–Kier alpha value is -0.300. The molecule has 0 saturated heterocycles. The van der Waals surface area contributed by atoms with Crippen molar-refractivity contribution < 1.29 is 32.9 Å². The third-order valence-corrected chi connectivity index (χ3v) is 9.69. The van der Waals surface area contributed by atoms with Crippen LogP contribution in [0.3, 0.4) is 0 Å². The summed E-state index contributed by atoms with van der Waals surface area (Å²) in [7, 11) is -3.55. The zero-order valence-electron chi connectivity index (χ0n) is 18.1. The van der Waals surface area contributed by atoms with Crippen LogP contribution in [-0.2, 0) is 15.9 Å². The summed E-state index contributed by atoms with van der Waals surface area (Å²) in [4.78, 5) is 3.16. The van der Waals surface area contributed by atoms with Crippen molar-refractivity contribution in [2.45, 2.75) is 24.3 Å². The normalized spacial score (nSPS) is 15.4. The van der Waals surface area contributed by atoms with Crippen LogP contribution in [0.25, 0.3) is 16.3 Å². The van der Waals surface area contributed by atoms with Crippen molar-refractivity contribution in [1.29, 1.82) is 0 Å². The summed E-state index contributed by atoms with van der Waals surface area (Å²) in [5, 5.41) is 16.1. The molecule has 3 aromatic rings. The number of nitrogens with zero attached hydrogens (tertiary/aromatic N) is 2. The van der Waals surface area contributed by atoms with E-state index in [-0.39, 0.29) is 5.75 Å². The molecule has 2 heterocycles. The number of halogens is 2. The molecule has 0 radical (unpaired) electrons. The molecule has 190 valence electrons. The molecular formula is C21H22ClIN2O6S4. The largest absolute Gasteiger partial charge is 0.691 e. The van der Waals surface area contributed by atoms with Gasteiger partial charge < -0.3 is 23.8 Å². The summed E-state index contributed by atoms with van der Waals surface area (Å²) in [5.41, 5.74) is 2.08. The van der Waals surface area contributed by atoms with Gasteiger partial charge in [0.1, 0.15) is 4.70 Å². The second kappa shape index (κ2) is 12.5. The highest BCUT2D eigenvalue weighted by atomic mass is 127. The number of benzene rings is 2. The van der Waals surface area contributed by atoms with Crippen molar-refractivity contribution >= 4 is 102 Å². The van der Waals surface area contributed by atoms with E-state index in [1.54, 1.807) is 23.1 Å². The van der Waals surface area contributed by atoms with E-state index in [9.17, 15) is 18.9 Å². The molecular weight excluding hydrogens is 667 g/mol. The number of thioether (sulfide) groups is 1. The Morgan fingerprint density at radius 3 is 2.80 bits per heavy atom. The standard InChI is InChI=1S/C21H22ClIN2O6S4/c22-14-3-5-18-16(11-14)25(8-2-10-35(27,28)29)21(33-18)13-20-24(7-1-9-32-31-30-26)17-12-15(23)4-6-19(17)34-20/h3-6,11-13H,1-2,7-10H2,(H3-,26,27,28,29). The fraction of sp³-hybridized carbons (Fsp3) is 0.286. The molecule has 0 unspecified atom stereocenters. The maximum absolute atomic E-state index is 10.0. The molecule has 35 heavy (non-hydrogen) atoms. The molecule has 0 atom stereocenters. The van der Waals surface area contributed by atoms with Crippen molar-refractivity contribution in [2.75, 3.05) is 23.0 Å². The van der Waals surface area contributed by atoms with Crippen LogP contribution >= 0.6 is 80.2 Å². The Kier molecular flexibility index (Phi) is 9.90. The number of aromatic nitrogens is 1. The van der Waals surface area contributed by atoms with Gasteiger partial charge in [0.2, 0.25) is 5.52 Å². The van der Waals surface area contributed by atoms with Gasteiger partial charge in [0.15, 0.2) is 6.54 Å². The first kappa shape index (κ1) is 27.7. The van der Waals surface area contributed by atoms with Gasteiger partial charge in [-0.2, -0.15) is 8.90 Å². The first-order valence-electron chi connectivity index (χ1n) is 10.4. The Bertz CT molecular complexity index is 1220. The Morgan fingerprint density at radius 2 is 2.03 bits per heavy atom. The molecule has 0 fully saturated rings. The molecule has 14 heteroatoms. The number of fused-ring (bicyclic) bond motifs is 2. The predicted molar refractivity (Wildman–Crippen MR) is 152 cm³/mol. The number of hydrogen-bond acceptors (Lipinski definition) is 10. The van der Waals surface area contributed by atoms with Crippen molar-refractivity contribution in [2.24, 2.45) is 0 Å². The van der Waals surface area contributed by atoms with Crippen LogP contribution in [-0.4, -0.2) is 31.7 Å². The van der Waals surface area contributed by atoms with Crippen molar-refractivity contribution in [1.82, 2.24) is 0 Å². The van der Waals surface area contributed by atoms with Crippen LogP contribution in [0, 0.1) is 3.57 Å². The summed E-state index contributed by atoms with van der Waals surface area (Å²) in [6.45, 7) is 1.22. The van der Waals surface area contributed by atoms with Crippen LogP contribution in [0.5, 0.6) is 0 Å². The second-order valence-corrected chi connectivity index (χ2v) is 13.8. The summed E-state index contributed by atoms with van der Waals surface area (Å²) >= 11 is 12.9. The molecule has 1 aliphatic rings. The molecule has 1 aromatic heterocycles. The molecule has 2 aromatic carbocycles.